The molecule has 0 aromatic heterocycles. The van der Waals surface area contributed by atoms with Crippen LogP contribution in [-0.2, 0) is 0 Å². The molecule has 0 saturated carbocycles. The fourth-order valence-corrected chi connectivity index (χ4v) is 1.25. The lowest BCUT2D eigenvalue weighted by atomic mass is 9.92. The van der Waals surface area contributed by atoms with Gasteiger partial charge in [-0.1, -0.05) is 43.6 Å². The summed E-state index contributed by atoms with van der Waals surface area (Å²) in [6.45, 7) is 9.19. The van der Waals surface area contributed by atoms with Crippen LogP contribution < -0.4 is 0 Å². The first-order valence-electron chi connectivity index (χ1n) is 4.72. The molecule has 0 amide bonds. The molecule has 11 heavy (non-hydrogen) atoms. The van der Waals surface area contributed by atoms with E-state index in [1.165, 1.54) is 19.3 Å². The van der Waals surface area contributed by atoms with Crippen molar-refractivity contribution >= 4 is 15.9 Å². The van der Waals surface area contributed by atoms with Crippen molar-refractivity contribution in [2.45, 2.75) is 51.8 Å². The maximum atomic E-state index is 3.65. The first-order chi connectivity index (χ1) is 5.07. The van der Waals surface area contributed by atoms with Gasteiger partial charge in [-0.3, -0.25) is 0 Å². The predicted octanol–water partition coefficient (Wildman–Crippen LogP) is 4.23. The third kappa shape index (κ3) is 5.72. The maximum absolute atomic E-state index is 3.65. The molecule has 0 rings (SSSR count). The Labute approximate surface area is 79.9 Å². The summed E-state index contributed by atoms with van der Waals surface area (Å²) in [5, 5.41) is 0. The Morgan fingerprint density at radius 2 is 1.64 bits per heavy atom. The number of hydrogen-bond acceptors (Lipinski definition) is 0. The van der Waals surface area contributed by atoms with Gasteiger partial charge in [0.05, 0.1) is 0 Å². The lowest BCUT2D eigenvalue weighted by Gasteiger charge is -2.16. The minimum atomic E-state index is 0.740. The third-order valence-corrected chi connectivity index (χ3v) is 3.62. The second kappa shape index (κ2) is 6.05. The quantitative estimate of drug-likeness (QED) is 0.609. The topological polar surface area (TPSA) is 0 Å². The van der Waals surface area contributed by atoms with E-state index in [-0.39, 0.29) is 0 Å². The zero-order valence-electron chi connectivity index (χ0n) is 8.23. The Balaban J connectivity index is 3.37. The van der Waals surface area contributed by atoms with Gasteiger partial charge >= 0.3 is 0 Å². The molecule has 2 unspecified atom stereocenters. The Hall–Kier alpha value is 0.480. The summed E-state index contributed by atoms with van der Waals surface area (Å²) in [6, 6.07) is 0. The van der Waals surface area contributed by atoms with Crippen LogP contribution in [-0.4, -0.2) is 4.83 Å². The fraction of sp³-hybridized carbons (Fsp3) is 1.00. The van der Waals surface area contributed by atoms with Crippen LogP contribution in [0.3, 0.4) is 0 Å². The molecule has 0 aromatic carbocycles. The van der Waals surface area contributed by atoms with Crippen molar-refractivity contribution in [2.75, 3.05) is 0 Å². The third-order valence-electron chi connectivity index (χ3n) is 2.52. The van der Waals surface area contributed by atoms with Gasteiger partial charge in [-0.05, 0) is 31.1 Å². The standard InChI is InChI=1S/C10H21Br/c1-5-10(11)7-6-9(4)8(2)3/h8-10H,5-7H2,1-4H3. The van der Waals surface area contributed by atoms with E-state index in [0.717, 1.165) is 16.7 Å². The summed E-state index contributed by atoms with van der Waals surface area (Å²) < 4.78 is 0. The van der Waals surface area contributed by atoms with Crippen LogP contribution in [0.4, 0.5) is 0 Å². The first-order valence-corrected chi connectivity index (χ1v) is 5.63. The molecular weight excluding hydrogens is 200 g/mol. The highest BCUT2D eigenvalue weighted by Crippen LogP contribution is 2.20. The van der Waals surface area contributed by atoms with Crippen LogP contribution in [0.2, 0.25) is 0 Å². The fourth-order valence-electron chi connectivity index (χ4n) is 0.981. The van der Waals surface area contributed by atoms with Crippen LogP contribution in [0.25, 0.3) is 0 Å². The van der Waals surface area contributed by atoms with Gasteiger partial charge in [0.15, 0.2) is 0 Å². The van der Waals surface area contributed by atoms with Crippen molar-refractivity contribution in [3.8, 4) is 0 Å². The van der Waals surface area contributed by atoms with Crippen molar-refractivity contribution in [2.24, 2.45) is 11.8 Å². The van der Waals surface area contributed by atoms with Crippen molar-refractivity contribution in [3.63, 3.8) is 0 Å². The van der Waals surface area contributed by atoms with Gasteiger partial charge in [0, 0.05) is 4.83 Å². The largest absolute Gasteiger partial charge is 0.0891 e. The number of hydrogen-bond donors (Lipinski definition) is 0. The van der Waals surface area contributed by atoms with Crippen LogP contribution >= 0.6 is 15.9 Å². The smallest absolute Gasteiger partial charge is 0.0143 e. The van der Waals surface area contributed by atoms with Crippen molar-refractivity contribution < 1.29 is 0 Å². The summed E-state index contributed by atoms with van der Waals surface area (Å²) in [6.07, 6.45) is 3.95. The van der Waals surface area contributed by atoms with Gasteiger partial charge < -0.3 is 0 Å². The minimum Gasteiger partial charge on any atom is -0.0891 e. The summed E-state index contributed by atoms with van der Waals surface area (Å²) in [4.78, 5) is 0.740. The molecule has 0 heterocycles. The summed E-state index contributed by atoms with van der Waals surface area (Å²) >= 11 is 3.65. The van der Waals surface area contributed by atoms with E-state index in [2.05, 4.69) is 43.6 Å². The molecule has 0 fully saturated rings. The summed E-state index contributed by atoms with van der Waals surface area (Å²) in [5.74, 6) is 1.72. The second-order valence-electron chi connectivity index (χ2n) is 3.80. The average Bonchev–Trinajstić information content (AvgIpc) is 1.99. The van der Waals surface area contributed by atoms with E-state index >= 15 is 0 Å². The molecule has 0 nitrogen and oxygen atoms in total. The van der Waals surface area contributed by atoms with Crippen LogP contribution in [0, 0.1) is 11.8 Å². The van der Waals surface area contributed by atoms with Gasteiger partial charge in [0.25, 0.3) is 0 Å². The van der Waals surface area contributed by atoms with Crippen LogP contribution in [0.5, 0.6) is 0 Å². The van der Waals surface area contributed by atoms with E-state index < -0.39 is 0 Å². The first kappa shape index (κ1) is 11.5. The monoisotopic (exact) mass is 220 g/mol. The Bertz CT molecular complexity index is 88.9. The van der Waals surface area contributed by atoms with Crippen molar-refractivity contribution in [1.82, 2.24) is 0 Å². The molecule has 1 heteroatoms. The van der Waals surface area contributed by atoms with Crippen LogP contribution in [0.15, 0.2) is 0 Å². The summed E-state index contributed by atoms with van der Waals surface area (Å²) in [7, 11) is 0. The molecule has 68 valence electrons. The molecule has 0 aromatic rings. The molecule has 0 saturated heterocycles. The van der Waals surface area contributed by atoms with E-state index in [4.69, 9.17) is 0 Å². The molecule has 2 atom stereocenters. The molecular formula is C10H21Br. The Morgan fingerprint density at radius 1 is 1.09 bits per heavy atom. The summed E-state index contributed by atoms with van der Waals surface area (Å²) in [5.41, 5.74) is 0. The zero-order chi connectivity index (χ0) is 8.85. The van der Waals surface area contributed by atoms with Gasteiger partial charge in [-0.15, -0.1) is 0 Å². The van der Waals surface area contributed by atoms with E-state index in [0.29, 0.717) is 0 Å². The van der Waals surface area contributed by atoms with Crippen molar-refractivity contribution in [3.05, 3.63) is 0 Å². The predicted molar refractivity (Wildman–Crippen MR) is 56.2 cm³/mol. The number of alkyl halides is 1. The minimum absolute atomic E-state index is 0.740. The SMILES string of the molecule is CCC(Br)CCC(C)C(C)C. The van der Waals surface area contributed by atoms with Gasteiger partial charge in [0.2, 0.25) is 0 Å². The lowest BCUT2D eigenvalue weighted by Crippen LogP contribution is -2.06. The normalized spacial score (nSPS) is 16.9. The van der Waals surface area contributed by atoms with Crippen LogP contribution in [0.1, 0.15) is 47.0 Å². The number of rotatable bonds is 5. The molecule has 0 aliphatic carbocycles. The van der Waals surface area contributed by atoms with Gasteiger partial charge in [-0.2, -0.15) is 0 Å². The van der Waals surface area contributed by atoms with E-state index in [1.54, 1.807) is 0 Å². The zero-order valence-corrected chi connectivity index (χ0v) is 9.82. The Morgan fingerprint density at radius 3 is 2.00 bits per heavy atom. The van der Waals surface area contributed by atoms with Crippen molar-refractivity contribution in [1.29, 1.82) is 0 Å². The van der Waals surface area contributed by atoms with Gasteiger partial charge in [-0.25, -0.2) is 0 Å². The second-order valence-corrected chi connectivity index (χ2v) is 5.10. The molecule has 0 N–H and O–H groups in total. The maximum Gasteiger partial charge on any atom is 0.0143 e. The molecule has 0 spiro atoms. The molecule has 0 aliphatic heterocycles. The highest BCUT2D eigenvalue weighted by molar-refractivity contribution is 9.09. The highest BCUT2D eigenvalue weighted by atomic mass is 79.9. The van der Waals surface area contributed by atoms with E-state index in [9.17, 15) is 0 Å². The molecule has 0 radical (unpaired) electrons. The lowest BCUT2D eigenvalue weighted by molar-refractivity contribution is 0.380. The number of halogens is 1. The molecule has 0 bridgehead atoms. The average molecular weight is 221 g/mol. The van der Waals surface area contributed by atoms with Gasteiger partial charge in [0.1, 0.15) is 0 Å². The Kier molecular flexibility index (Phi) is 6.31. The highest BCUT2D eigenvalue weighted by Gasteiger charge is 2.08. The van der Waals surface area contributed by atoms with E-state index in [1.807, 2.05) is 0 Å². The molecule has 0 aliphatic rings.